The maximum atomic E-state index is 3.94. The molecule has 0 saturated heterocycles. The summed E-state index contributed by atoms with van der Waals surface area (Å²) in [5, 5.41) is 3.56. The molecule has 1 aromatic rings. The molecule has 132 valence electrons. The predicted molar refractivity (Wildman–Crippen MR) is 113 cm³/mol. The van der Waals surface area contributed by atoms with E-state index in [9.17, 15) is 0 Å². The summed E-state index contributed by atoms with van der Waals surface area (Å²) in [5.41, 5.74) is 5.00. The van der Waals surface area contributed by atoms with Crippen molar-refractivity contribution < 1.29 is 0 Å². The van der Waals surface area contributed by atoms with Crippen LogP contribution >= 0.6 is 0 Å². The molecule has 1 aromatic carbocycles. The van der Waals surface area contributed by atoms with Crippen molar-refractivity contribution >= 4 is 5.57 Å². The lowest BCUT2D eigenvalue weighted by Gasteiger charge is -2.11. The number of rotatable bonds is 11. The minimum absolute atomic E-state index is 0.906. The highest BCUT2D eigenvalue weighted by molar-refractivity contribution is 5.73. The van der Waals surface area contributed by atoms with Crippen LogP contribution in [0.3, 0.4) is 0 Å². The van der Waals surface area contributed by atoms with E-state index in [-0.39, 0.29) is 0 Å². The molecule has 0 spiro atoms. The van der Waals surface area contributed by atoms with Crippen molar-refractivity contribution in [2.45, 2.75) is 33.1 Å². The molecular formula is C24H31N. The highest BCUT2D eigenvalue weighted by Gasteiger charge is 1.99. The number of nitrogens with one attached hydrogen (secondary N) is 1. The Morgan fingerprint density at radius 3 is 2.52 bits per heavy atom. The van der Waals surface area contributed by atoms with Crippen LogP contribution in [0.2, 0.25) is 0 Å². The molecule has 0 bridgehead atoms. The number of benzene rings is 1. The average molecular weight is 334 g/mol. The summed E-state index contributed by atoms with van der Waals surface area (Å²) in [4.78, 5) is 0. The van der Waals surface area contributed by atoms with Gasteiger partial charge >= 0.3 is 0 Å². The van der Waals surface area contributed by atoms with Crippen LogP contribution in [0.15, 0.2) is 97.3 Å². The minimum Gasteiger partial charge on any atom is -0.385 e. The van der Waals surface area contributed by atoms with Crippen LogP contribution in [0.1, 0.15) is 38.7 Å². The van der Waals surface area contributed by atoms with E-state index in [2.05, 4.69) is 80.9 Å². The molecule has 0 aromatic heterocycles. The Hall–Kier alpha value is -2.54. The van der Waals surface area contributed by atoms with Crippen LogP contribution < -0.4 is 5.32 Å². The van der Waals surface area contributed by atoms with E-state index in [1.54, 1.807) is 0 Å². The smallest absolute Gasteiger partial charge is 0.0326 e. The highest BCUT2D eigenvalue weighted by Crippen LogP contribution is 2.16. The number of allylic oxidation sites excluding steroid dienone is 8. The lowest BCUT2D eigenvalue weighted by Crippen LogP contribution is -2.14. The van der Waals surface area contributed by atoms with Gasteiger partial charge in [0.05, 0.1) is 0 Å². The maximum absolute atomic E-state index is 3.94. The topological polar surface area (TPSA) is 12.0 Å². The summed E-state index contributed by atoms with van der Waals surface area (Å²) in [7, 11) is 0. The first-order valence-corrected chi connectivity index (χ1v) is 8.94. The van der Waals surface area contributed by atoms with Gasteiger partial charge in [-0.3, -0.25) is 0 Å². The molecule has 0 unspecified atom stereocenters. The molecular weight excluding hydrogens is 302 g/mol. The second-order valence-electron chi connectivity index (χ2n) is 5.84. The summed E-state index contributed by atoms with van der Waals surface area (Å²) < 4.78 is 0. The van der Waals surface area contributed by atoms with E-state index < -0.39 is 0 Å². The van der Waals surface area contributed by atoms with Gasteiger partial charge in [0.15, 0.2) is 0 Å². The van der Waals surface area contributed by atoms with Gasteiger partial charge < -0.3 is 5.32 Å². The Morgan fingerprint density at radius 2 is 1.88 bits per heavy atom. The Kier molecular flexibility index (Phi) is 10.5. The SMILES string of the molecule is C=C/C=C\CCC(C)=C(/C=C\C)NCC/C=C(\C=C)c1ccccc1. The summed E-state index contributed by atoms with van der Waals surface area (Å²) in [6.45, 7) is 12.8. The Labute approximate surface area is 153 Å². The van der Waals surface area contributed by atoms with E-state index in [1.807, 2.05) is 24.3 Å². The first kappa shape index (κ1) is 20.5. The van der Waals surface area contributed by atoms with Crippen LogP contribution in [0.4, 0.5) is 0 Å². The van der Waals surface area contributed by atoms with Gasteiger partial charge in [-0.25, -0.2) is 0 Å². The molecule has 0 aliphatic rings. The minimum atomic E-state index is 0.906. The summed E-state index contributed by atoms with van der Waals surface area (Å²) >= 11 is 0. The molecule has 1 nitrogen and oxygen atoms in total. The van der Waals surface area contributed by atoms with Crippen molar-refractivity contribution in [2.75, 3.05) is 6.54 Å². The van der Waals surface area contributed by atoms with Crippen LogP contribution in [-0.4, -0.2) is 6.54 Å². The molecule has 1 heteroatoms. The molecule has 0 heterocycles. The van der Waals surface area contributed by atoms with Crippen molar-refractivity contribution in [1.29, 1.82) is 0 Å². The van der Waals surface area contributed by atoms with E-state index in [1.165, 1.54) is 22.4 Å². The Balaban J connectivity index is 2.62. The molecule has 0 aliphatic carbocycles. The van der Waals surface area contributed by atoms with Crippen LogP contribution in [0.5, 0.6) is 0 Å². The average Bonchev–Trinajstić information content (AvgIpc) is 2.65. The standard InChI is InChI=1S/C24H31N/c1-5-8-9-11-16-21(4)24(15-6-2)25-20-14-19-22(7-3)23-17-12-10-13-18-23/h5-10,12-13,15,17-19,25H,1,3,11,14,16,20H2,2,4H3/b9-8-,15-6-,22-19+,24-21?. The van der Waals surface area contributed by atoms with E-state index in [0.29, 0.717) is 0 Å². The van der Waals surface area contributed by atoms with Crippen molar-refractivity contribution in [3.8, 4) is 0 Å². The fourth-order valence-electron chi connectivity index (χ4n) is 2.53. The fourth-order valence-corrected chi connectivity index (χ4v) is 2.53. The molecule has 0 atom stereocenters. The van der Waals surface area contributed by atoms with Crippen LogP contribution in [0, 0.1) is 0 Å². The van der Waals surface area contributed by atoms with E-state index in [0.717, 1.165) is 25.8 Å². The first-order valence-electron chi connectivity index (χ1n) is 8.94. The molecule has 0 aliphatic heterocycles. The quantitative estimate of drug-likeness (QED) is 0.355. The van der Waals surface area contributed by atoms with Gasteiger partial charge in [0.2, 0.25) is 0 Å². The number of hydrogen-bond acceptors (Lipinski definition) is 1. The summed E-state index contributed by atoms with van der Waals surface area (Å²) in [6.07, 6.45) is 17.4. The van der Waals surface area contributed by atoms with Gasteiger partial charge in [-0.15, -0.1) is 0 Å². The Bertz CT molecular complexity index is 642. The normalized spacial score (nSPS) is 13.1. The van der Waals surface area contributed by atoms with Crippen molar-refractivity contribution in [1.82, 2.24) is 5.32 Å². The molecule has 1 rings (SSSR count). The number of hydrogen-bond donors (Lipinski definition) is 1. The monoisotopic (exact) mass is 333 g/mol. The molecule has 1 N–H and O–H groups in total. The van der Waals surface area contributed by atoms with Crippen LogP contribution in [0.25, 0.3) is 5.57 Å². The van der Waals surface area contributed by atoms with Gasteiger partial charge in [-0.1, -0.05) is 79.9 Å². The summed E-state index contributed by atoms with van der Waals surface area (Å²) in [6, 6.07) is 10.4. The lowest BCUT2D eigenvalue weighted by molar-refractivity contribution is 0.796. The Morgan fingerprint density at radius 1 is 1.12 bits per heavy atom. The van der Waals surface area contributed by atoms with E-state index in [4.69, 9.17) is 0 Å². The lowest BCUT2D eigenvalue weighted by atomic mass is 10.0. The van der Waals surface area contributed by atoms with Gasteiger partial charge in [0.25, 0.3) is 0 Å². The van der Waals surface area contributed by atoms with Gasteiger partial charge in [-0.05, 0) is 55.9 Å². The third kappa shape index (κ3) is 8.21. The molecule has 0 saturated carbocycles. The van der Waals surface area contributed by atoms with Crippen molar-refractivity contribution in [2.24, 2.45) is 0 Å². The molecule has 0 amide bonds. The summed E-state index contributed by atoms with van der Waals surface area (Å²) in [5.74, 6) is 0. The molecule has 0 fully saturated rings. The van der Waals surface area contributed by atoms with Crippen molar-refractivity contribution in [3.05, 3.63) is 103 Å². The van der Waals surface area contributed by atoms with Gasteiger partial charge in [0, 0.05) is 12.2 Å². The zero-order valence-corrected chi connectivity index (χ0v) is 15.7. The van der Waals surface area contributed by atoms with Gasteiger partial charge in [0.1, 0.15) is 0 Å². The van der Waals surface area contributed by atoms with Crippen molar-refractivity contribution in [3.63, 3.8) is 0 Å². The zero-order chi connectivity index (χ0) is 18.3. The van der Waals surface area contributed by atoms with E-state index >= 15 is 0 Å². The maximum Gasteiger partial charge on any atom is 0.0326 e. The molecule has 0 radical (unpaired) electrons. The molecule has 25 heavy (non-hydrogen) atoms. The largest absolute Gasteiger partial charge is 0.385 e. The highest BCUT2D eigenvalue weighted by atomic mass is 14.9. The third-order valence-electron chi connectivity index (χ3n) is 3.90. The second kappa shape index (κ2) is 12.8. The fraction of sp³-hybridized carbons (Fsp3) is 0.250. The van der Waals surface area contributed by atoms with Crippen LogP contribution in [-0.2, 0) is 0 Å². The van der Waals surface area contributed by atoms with Gasteiger partial charge in [-0.2, -0.15) is 0 Å². The predicted octanol–water partition coefficient (Wildman–Crippen LogP) is 6.61. The third-order valence-corrected chi connectivity index (χ3v) is 3.90. The second-order valence-corrected chi connectivity index (χ2v) is 5.84. The first-order chi connectivity index (χ1) is 12.2. The zero-order valence-electron chi connectivity index (χ0n) is 15.7.